The van der Waals surface area contributed by atoms with Gasteiger partial charge in [0.25, 0.3) is 0 Å². The average Bonchev–Trinajstić information content (AvgIpc) is 3.14. The van der Waals surface area contributed by atoms with Gasteiger partial charge in [0.2, 0.25) is 0 Å². The summed E-state index contributed by atoms with van der Waals surface area (Å²) in [5.74, 6) is 1.65. The second-order valence-corrected chi connectivity index (χ2v) is 4.75. The first kappa shape index (κ1) is 10.7. The zero-order valence-corrected chi connectivity index (χ0v) is 10.4. The molecule has 0 bridgehead atoms. The fraction of sp³-hybridized carbons (Fsp3) is 0.429. The predicted molar refractivity (Wildman–Crippen MR) is 69.3 cm³/mol. The number of nitrogens with two attached hydrogens (primary N) is 1. The third-order valence-corrected chi connectivity index (χ3v) is 3.74. The average molecular weight is 230 g/mol. The number of nitrogens with zero attached hydrogens (tertiary/aromatic N) is 1. The van der Waals surface area contributed by atoms with E-state index < -0.39 is 0 Å². The molecule has 0 amide bonds. The fourth-order valence-electron chi connectivity index (χ4n) is 2.80. The van der Waals surface area contributed by atoms with E-state index in [2.05, 4.69) is 23.7 Å². The van der Waals surface area contributed by atoms with Crippen LogP contribution in [0, 0.1) is 0 Å². The molecule has 1 heterocycles. The van der Waals surface area contributed by atoms with Crippen LogP contribution < -0.4 is 10.5 Å². The lowest BCUT2D eigenvalue weighted by Crippen LogP contribution is -2.05. The molecule has 3 rings (SSSR count). The first-order chi connectivity index (χ1) is 8.27. The van der Waals surface area contributed by atoms with Gasteiger partial charge in [-0.3, -0.25) is 0 Å². The SMILES string of the molecule is COc1cccc2c(C3CC3)c(CN)n(C)c12. The van der Waals surface area contributed by atoms with E-state index >= 15 is 0 Å². The zero-order chi connectivity index (χ0) is 12.0. The Hall–Kier alpha value is -1.48. The van der Waals surface area contributed by atoms with Gasteiger partial charge in [-0.15, -0.1) is 0 Å². The van der Waals surface area contributed by atoms with Gasteiger partial charge in [-0.2, -0.15) is 0 Å². The first-order valence-corrected chi connectivity index (χ1v) is 6.12. The van der Waals surface area contributed by atoms with Crippen molar-refractivity contribution in [2.45, 2.75) is 25.3 Å². The van der Waals surface area contributed by atoms with Crippen molar-refractivity contribution in [1.29, 1.82) is 0 Å². The number of hydrogen-bond donors (Lipinski definition) is 1. The Morgan fingerprint density at radius 1 is 1.41 bits per heavy atom. The summed E-state index contributed by atoms with van der Waals surface area (Å²) < 4.78 is 7.66. The van der Waals surface area contributed by atoms with E-state index in [1.165, 1.54) is 35.0 Å². The highest BCUT2D eigenvalue weighted by Gasteiger charge is 2.30. The van der Waals surface area contributed by atoms with E-state index in [0.29, 0.717) is 12.5 Å². The molecule has 0 radical (unpaired) electrons. The fourth-order valence-corrected chi connectivity index (χ4v) is 2.80. The summed E-state index contributed by atoms with van der Waals surface area (Å²) in [5, 5.41) is 1.31. The van der Waals surface area contributed by atoms with Crippen molar-refractivity contribution in [2.24, 2.45) is 12.8 Å². The van der Waals surface area contributed by atoms with Crippen LogP contribution in [0.3, 0.4) is 0 Å². The number of benzene rings is 1. The normalized spacial score (nSPS) is 15.5. The molecule has 1 aliphatic carbocycles. The Balaban J connectivity index is 2.37. The Kier molecular flexibility index (Phi) is 2.37. The summed E-state index contributed by atoms with van der Waals surface area (Å²) in [6, 6.07) is 6.26. The molecule has 1 aromatic carbocycles. The number of hydrogen-bond acceptors (Lipinski definition) is 2. The minimum atomic E-state index is 0.597. The largest absolute Gasteiger partial charge is 0.495 e. The maximum atomic E-state index is 5.91. The van der Waals surface area contributed by atoms with Gasteiger partial charge in [0, 0.05) is 24.7 Å². The molecule has 0 spiro atoms. The minimum Gasteiger partial charge on any atom is -0.495 e. The number of para-hydroxylation sites is 1. The van der Waals surface area contributed by atoms with Gasteiger partial charge in [0.15, 0.2) is 0 Å². The van der Waals surface area contributed by atoms with Crippen LogP contribution in [-0.4, -0.2) is 11.7 Å². The molecule has 1 aromatic heterocycles. The molecule has 0 unspecified atom stereocenters. The van der Waals surface area contributed by atoms with E-state index in [1.807, 2.05) is 6.07 Å². The molecule has 3 nitrogen and oxygen atoms in total. The van der Waals surface area contributed by atoms with Crippen LogP contribution in [0.4, 0.5) is 0 Å². The second kappa shape index (κ2) is 3.77. The summed E-state index contributed by atoms with van der Waals surface area (Å²) in [4.78, 5) is 0. The third-order valence-electron chi connectivity index (χ3n) is 3.74. The highest BCUT2D eigenvalue weighted by Crippen LogP contribution is 2.47. The molecule has 0 saturated heterocycles. The molecule has 2 aromatic rings. The van der Waals surface area contributed by atoms with E-state index in [-0.39, 0.29) is 0 Å². The number of aryl methyl sites for hydroxylation is 1. The lowest BCUT2D eigenvalue weighted by molar-refractivity contribution is 0.417. The van der Waals surface area contributed by atoms with Gasteiger partial charge in [-0.1, -0.05) is 12.1 Å². The zero-order valence-electron chi connectivity index (χ0n) is 10.4. The highest BCUT2D eigenvalue weighted by atomic mass is 16.5. The molecule has 3 heteroatoms. The van der Waals surface area contributed by atoms with Crippen LogP contribution in [0.25, 0.3) is 10.9 Å². The lowest BCUT2D eigenvalue weighted by Gasteiger charge is -2.05. The quantitative estimate of drug-likeness (QED) is 0.880. The van der Waals surface area contributed by atoms with Crippen molar-refractivity contribution in [1.82, 2.24) is 4.57 Å². The van der Waals surface area contributed by atoms with Crippen molar-refractivity contribution in [3.05, 3.63) is 29.5 Å². The minimum absolute atomic E-state index is 0.597. The van der Waals surface area contributed by atoms with Crippen molar-refractivity contribution < 1.29 is 4.74 Å². The van der Waals surface area contributed by atoms with Crippen molar-refractivity contribution >= 4 is 10.9 Å². The Morgan fingerprint density at radius 3 is 2.76 bits per heavy atom. The van der Waals surface area contributed by atoms with Gasteiger partial charge < -0.3 is 15.0 Å². The summed E-state index contributed by atoms with van der Waals surface area (Å²) in [6.07, 6.45) is 2.59. The van der Waals surface area contributed by atoms with Gasteiger partial charge >= 0.3 is 0 Å². The molecule has 17 heavy (non-hydrogen) atoms. The van der Waals surface area contributed by atoms with Gasteiger partial charge in [0.1, 0.15) is 5.75 Å². The van der Waals surface area contributed by atoms with Crippen LogP contribution in [0.2, 0.25) is 0 Å². The third kappa shape index (κ3) is 1.46. The van der Waals surface area contributed by atoms with Crippen LogP contribution in [-0.2, 0) is 13.6 Å². The number of fused-ring (bicyclic) bond motifs is 1. The Labute approximate surface area is 101 Å². The van der Waals surface area contributed by atoms with Crippen molar-refractivity contribution in [2.75, 3.05) is 7.11 Å². The number of methoxy groups -OCH3 is 1. The van der Waals surface area contributed by atoms with Gasteiger partial charge in [0.05, 0.1) is 12.6 Å². The molecular formula is C14H18N2O. The Bertz CT molecular complexity index is 567. The number of ether oxygens (including phenoxy) is 1. The van der Waals surface area contributed by atoms with Crippen LogP contribution in [0.5, 0.6) is 5.75 Å². The van der Waals surface area contributed by atoms with E-state index in [9.17, 15) is 0 Å². The second-order valence-electron chi connectivity index (χ2n) is 4.75. The summed E-state index contributed by atoms with van der Waals surface area (Å²) in [5.41, 5.74) is 9.79. The summed E-state index contributed by atoms with van der Waals surface area (Å²) in [7, 11) is 3.81. The van der Waals surface area contributed by atoms with Crippen molar-refractivity contribution in [3.8, 4) is 5.75 Å². The van der Waals surface area contributed by atoms with E-state index in [1.54, 1.807) is 7.11 Å². The molecule has 2 N–H and O–H groups in total. The van der Waals surface area contributed by atoms with Crippen LogP contribution in [0.1, 0.15) is 30.0 Å². The monoisotopic (exact) mass is 230 g/mol. The first-order valence-electron chi connectivity index (χ1n) is 6.12. The number of rotatable bonds is 3. The topological polar surface area (TPSA) is 40.2 Å². The predicted octanol–water partition coefficient (Wildman–Crippen LogP) is 2.52. The van der Waals surface area contributed by atoms with Crippen LogP contribution >= 0.6 is 0 Å². The van der Waals surface area contributed by atoms with Gasteiger partial charge in [-0.25, -0.2) is 0 Å². The van der Waals surface area contributed by atoms with E-state index in [4.69, 9.17) is 10.5 Å². The molecule has 0 atom stereocenters. The molecule has 90 valence electrons. The molecule has 1 aliphatic rings. The van der Waals surface area contributed by atoms with Crippen molar-refractivity contribution in [3.63, 3.8) is 0 Å². The summed E-state index contributed by atoms with van der Waals surface area (Å²) in [6.45, 7) is 0.597. The molecule has 0 aliphatic heterocycles. The highest BCUT2D eigenvalue weighted by molar-refractivity contribution is 5.91. The van der Waals surface area contributed by atoms with Gasteiger partial charge in [-0.05, 0) is 30.4 Å². The standard InChI is InChI=1S/C14H18N2O/c1-16-11(8-15)13(9-6-7-9)10-4-3-5-12(17-2)14(10)16/h3-5,9H,6-8,15H2,1-2H3. The maximum Gasteiger partial charge on any atom is 0.143 e. The molecule has 1 fully saturated rings. The van der Waals surface area contributed by atoms with Crippen LogP contribution in [0.15, 0.2) is 18.2 Å². The Morgan fingerprint density at radius 2 is 2.18 bits per heavy atom. The number of aromatic nitrogens is 1. The summed E-state index contributed by atoms with van der Waals surface area (Å²) >= 11 is 0. The molecular weight excluding hydrogens is 212 g/mol. The van der Waals surface area contributed by atoms with E-state index in [0.717, 1.165) is 5.75 Å². The smallest absolute Gasteiger partial charge is 0.143 e. The molecule has 1 saturated carbocycles. The maximum absolute atomic E-state index is 5.91. The lowest BCUT2D eigenvalue weighted by atomic mass is 10.1.